The summed E-state index contributed by atoms with van der Waals surface area (Å²) in [7, 11) is 4.22. The number of H-pyrrole nitrogens is 1. The maximum atomic E-state index is 12.4. The minimum absolute atomic E-state index is 0. The van der Waals surface area contributed by atoms with Gasteiger partial charge in [-0.25, -0.2) is 0 Å². The van der Waals surface area contributed by atoms with E-state index in [0.717, 1.165) is 47.4 Å². The number of amides is 1. The van der Waals surface area contributed by atoms with Crippen LogP contribution in [-0.4, -0.2) is 43.0 Å². The Bertz CT molecular complexity index is 1110. The summed E-state index contributed by atoms with van der Waals surface area (Å²) in [4.78, 5) is 18.0. The average molecular weight is 498 g/mol. The lowest BCUT2D eigenvalue weighted by molar-refractivity contribution is 0.0966. The van der Waals surface area contributed by atoms with Crippen LogP contribution in [0.15, 0.2) is 36.4 Å². The fraction of sp³-hybridized carbons (Fsp3) is 0.375. The third-order valence-electron chi connectivity index (χ3n) is 5.56. The van der Waals surface area contributed by atoms with E-state index in [4.69, 9.17) is 11.6 Å². The first-order valence-corrected chi connectivity index (χ1v) is 10.7. The van der Waals surface area contributed by atoms with Gasteiger partial charge >= 0.3 is 0 Å². The van der Waals surface area contributed by atoms with Crippen molar-refractivity contribution >= 4 is 53.2 Å². The van der Waals surface area contributed by atoms with E-state index in [0.29, 0.717) is 17.1 Å². The van der Waals surface area contributed by atoms with Crippen LogP contribution in [0.4, 0.5) is 0 Å². The van der Waals surface area contributed by atoms with E-state index in [9.17, 15) is 4.79 Å². The number of halogens is 3. The van der Waals surface area contributed by atoms with E-state index >= 15 is 0 Å². The number of aromatic nitrogens is 1. The van der Waals surface area contributed by atoms with E-state index in [-0.39, 0.29) is 36.1 Å². The zero-order valence-corrected chi connectivity index (χ0v) is 21.2. The van der Waals surface area contributed by atoms with Gasteiger partial charge in [0.2, 0.25) is 0 Å². The second-order valence-electron chi connectivity index (χ2n) is 9.24. The molecule has 0 unspecified atom stereocenters. The minimum atomic E-state index is -0.0635. The van der Waals surface area contributed by atoms with Gasteiger partial charge in [-0.15, -0.1) is 24.8 Å². The molecular formula is C24H31Cl3N4O. The number of carbonyl (C=O) groups excluding carboxylic acids is 1. The Morgan fingerprint density at radius 3 is 2.59 bits per heavy atom. The second-order valence-corrected chi connectivity index (χ2v) is 9.65. The number of nitrogens with zero attached hydrogens (tertiary/aromatic N) is 1. The molecule has 174 valence electrons. The SMILES string of the molecule is CN(C)CC(C)(C)CNCc1ccc2[nH]c(-c3ccc(Cl)c4c3C(=O)NC4)cc2c1.Cl.Cl. The molecule has 1 aromatic heterocycles. The van der Waals surface area contributed by atoms with Crippen LogP contribution in [0, 0.1) is 5.41 Å². The van der Waals surface area contributed by atoms with Gasteiger partial charge in [0.15, 0.2) is 0 Å². The molecule has 0 bridgehead atoms. The Kier molecular flexibility index (Phi) is 8.65. The van der Waals surface area contributed by atoms with Crippen LogP contribution in [0.25, 0.3) is 22.2 Å². The maximum Gasteiger partial charge on any atom is 0.252 e. The molecule has 32 heavy (non-hydrogen) atoms. The first kappa shape index (κ1) is 26.5. The maximum absolute atomic E-state index is 12.4. The highest BCUT2D eigenvalue weighted by atomic mass is 35.5. The first-order valence-electron chi connectivity index (χ1n) is 10.3. The monoisotopic (exact) mass is 496 g/mol. The quantitative estimate of drug-likeness (QED) is 0.418. The summed E-state index contributed by atoms with van der Waals surface area (Å²) in [6.45, 7) is 7.87. The minimum Gasteiger partial charge on any atom is -0.355 e. The number of hydrogen-bond acceptors (Lipinski definition) is 3. The molecule has 0 atom stereocenters. The highest BCUT2D eigenvalue weighted by molar-refractivity contribution is 6.32. The molecule has 3 N–H and O–H groups in total. The molecule has 2 aromatic carbocycles. The summed E-state index contributed by atoms with van der Waals surface area (Å²) >= 11 is 6.29. The van der Waals surface area contributed by atoms with Crippen LogP contribution in [0.1, 0.15) is 35.3 Å². The molecule has 0 spiro atoms. The first-order chi connectivity index (χ1) is 14.2. The summed E-state index contributed by atoms with van der Waals surface area (Å²) in [5, 5.41) is 8.24. The lowest BCUT2D eigenvalue weighted by atomic mass is 9.93. The molecule has 1 aliphatic heterocycles. The van der Waals surface area contributed by atoms with Crippen molar-refractivity contribution in [2.24, 2.45) is 5.41 Å². The van der Waals surface area contributed by atoms with E-state index in [1.807, 2.05) is 12.1 Å². The van der Waals surface area contributed by atoms with Gasteiger partial charge in [0, 0.05) is 58.9 Å². The molecular weight excluding hydrogens is 467 g/mol. The summed E-state index contributed by atoms with van der Waals surface area (Å²) in [6.07, 6.45) is 0. The fourth-order valence-corrected chi connectivity index (χ4v) is 4.65. The van der Waals surface area contributed by atoms with Crippen molar-refractivity contribution in [1.29, 1.82) is 0 Å². The van der Waals surface area contributed by atoms with Crippen LogP contribution in [-0.2, 0) is 13.1 Å². The van der Waals surface area contributed by atoms with Crippen molar-refractivity contribution < 1.29 is 4.79 Å². The molecule has 8 heteroatoms. The third kappa shape index (κ3) is 5.59. The number of hydrogen-bond donors (Lipinski definition) is 3. The Morgan fingerprint density at radius 2 is 1.88 bits per heavy atom. The van der Waals surface area contributed by atoms with Crippen LogP contribution < -0.4 is 10.6 Å². The predicted molar refractivity (Wildman–Crippen MR) is 138 cm³/mol. The standard InChI is InChI=1S/C24H29ClN4O.2ClH/c1-24(2,14-29(3)4)13-26-11-15-5-8-20-16(9-15)10-21(28-20)17-6-7-19(25)18-12-27-23(30)22(17)18;;/h5-10,26,28H,11-14H2,1-4H3,(H,27,30);2*1H. The van der Waals surface area contributed by atoms with Gasteiger partial charge in [-0.1, -0.05) is 37.6 Å². The summed E-state index contributed by atoms with van der Waals surface area (Å²) < 4.78 is 0. The number of benzene rings is 2. The summed E-state index contributed by atoms with van der Waals surface area (Å²) in [5.41, 5.74) is 5.90. The fourth-order valence-electron chi connectivity index (χ4n) is 4.43. The number of rotatable bonds is 7. The molecule has 0 saturated heterocycles. The van der Waals surface area contributed by atoms with Gasteiger partial charge < -0.3 is 20.5 Å². The topological polar surface area (TPSA) is 60.2 Å². The zero-order chi connectivity index (χ0) is 21.5. The van der Waals surface area contributed by atoms with Crippen molar-refractivity contribution in [3.05, 3.63) is 58.1 Å². The van der Waals surface area contributed by atoms with E-state index in [2.05, 4.69) is 72.7 Å². The highest BCUT2D eigenvalue weighted by Crippen LogP contribution is 2.34. The highest BCUT2D eigenvalue weighted by Gasteiger charge is 2.26. The molecule has 0 radical (unpaired) electrons. The van der Waals surface area contributed by atoms with Crippen LogP contribution >= 0.6 is 36.4 Å². The molecule has 1 aliphatic rings. The normalized spacial score (nSPS) is 13.0. The Labute approximate surface area is 207 Å². The van der Waals surface area contributed by atoms with Crippen molar-refractivity contribution in [2.75, 3.05) is 27.2 Å². The van der Waals surface area contributed by atoms with Gasteiger partial charge in [-0.05, 0) is 49.3 Å². The lowest BCUT2D eigenvalue weighted by Crippen LogP contribution is -2.37. The Balaban J connectivity index is 0.00000181. The summed E-state index contributed by atoms with van der Waals surface area (Å²) in [6, 6.07) is 12.4. The molecule has 1 amide bonds. The van der Waals surface area contributed by atoms with Gasteiger partial charge in [0.05, 0.1) is 5.56 Å². The molecule has 3 aromatic rings. The van der Waals surface area contributed by atoms with E-state index < -0.39 is 0 Å². The molecule has 2 heterocycles. The van der Waals surface area contributed by atoms with E-state index in [1.165, 1.54) is 5.56 Å². The summed E-state index contributed by atoms with van der Waals surface area (Å²) in [5.74, 6) is -0.0635. The van der Waals surface area contributed by atoms with E-state index in [1.54, 1.807) is 0 Å². The third-order valence-corrected chi connectivity index (χ3v) is 5.91. The molecule has 5 nitrogen and oxygen atoms in total. The Morgan fingerprint density at radius 1 is 1.12 bits per heavy atom. The van der Waals surface area contributed by atoms with Crippen molar-refractivity contribution in [1.82, 2.24) is 20.5 Å². The zero-order valence-electron chi connectivity index (χ0n) is 18.8. The smallest absolute Gasteiger partial charge is 0.252 e. The lowest BCUT2D eigenvalue weighted by Gasteiger charge is -2.28. The number of aromatic amines is 1. The molecule has 0 saturated carbocycles. The van der Waals surface area contributed by atoms with Crippen molar-refractivity contribution in [3.63, 3.8) is 0 Å². The van der Waals surface area contributed by atoms with Gasteiger partial charge in [0.25, 0.3) is 5.91 Å². The average Bonchev–Trinajstić information content (AvgIpc) is 3.25. The van der Waals surface area contributed by atoms with Crippen LogP contribution in [0.3, 0.4) is 0 Å². The van der Waals surface area contributed by atoms with Crippen LogP contribution in [0.5, 0.6) is 0 Å². The molecule has 0 fully saturated rings. The van der Waals surface area contributed by atoms with Gasteiger partial charge in [-0.3, -0.25) is 4.79 Å². The largest absolute Gasteiger partial charge is 0.355 e. The van der Waals surface area contributed by atoms with Gasteiger partial charge in [-0.2, -0.15) is 0 Å². The van der Waals surface area contributed by atoms with Gasteiger partial charge in [0.1, 0.15) is 0 Å². The van der Waals surface area contributed by atoms with Crippen molar-refractivity contribution in [2.45, 2.75) is 26.9 Å². The number of fused-ring (bicyclic) bond motifs is 2. The Hall–Kier alpha value is -1.76. The molecule has 0 aliphatic carbocycles. The molecule has 4 rings (SSSR count). The number of carbonyl (C=O) groups is 1. The van der Waals surface area contributed by atoms with Crippen LogP contribution in [0.2, 0.25) is 5.02 Å². The van der Waals surface area contributed by atoms with Crippen molar-refractivity contribution in [3.8, 4) is 11.3 Å². The second kappa shape index (κ2) is 10.4. The number of nitrogens with one attached hydrogen (secondary N) is 3. The predicted octanol–water partition coefficient (Wildman–Crippen LogP) is 5.25.